The van der Waals surface area contributed by atoms with Crippen molar-refractivity contribution in [2.45, 2.75) is 19.5 Å². The topological polar surface area (TPSA) is 58.4 Å². The molecule has 2 rings (SSSR count). The standard InChI is InChI=1S/C13H19N3O/c1-9-5-10(13(14)17)3-4-11(9)8-16(2)12-6-15-7-12/h3-5,12,15H,6-8H2,1-2H3,(H2,14,17). The van der Waals surface area contributed by atoms with Gasteiger partial charge < -0.3 is 11.1 Å². The fourth-order valence-electron chi connectivity index (χ4n) is 2.01. The minimum absolute atomic E-state index is 0.365. The zero-order valence-electron chi connectivity index (χ0n) is 10.4. The number of hydrogen-bond donors (Lipinski definition) is 2. The summed E-state index contributed by atoms with van der Waals surface area (Å²) >= 11 is 0. The summed E-state index contributed by atoms with van der Waals surface area (Å²) in [4.78, 5) is 13.4. The molecule has 0 atom stereocenters. The first kappa shape index (κ1) is 12.1. The molecule has 92 valence electrons. The van der Waals surface area contributed by atoms with Crippen LogP contribution in [0, 0.1) is 6.92 Å². The highest BCUT2D eigenvalue weighted by Gasteiger charge is 2.21. The molecule has 1 aliphatic rings. The third-order valence-corrected chi connectivity index (χ3v) is 3.43. The van der Waals surface area contributed by atoms with Crippen molar-refractivity contribution in [2.75, 3.05) is 20.1 Å². The molecular formula is C13H19N3O. The summed E-state index contributed by atoms with van der Waals surface area (Å²) in [6.45, 7) is 5.07. The van der Waals surface area contributed by atoms with Crippen molar-refractivity contribution < 1.29 is 4.79 Å². The van der Waals surface area contributed by atoms with E-state index in [1.807, 2.05) is 19.1 Å². The summed E-state index contributed by atoms with van der Waals surface area (Å²) in [6, 6.07) is 6.30. The molecule has 3 N–H and O–H groups in total. The van der Waals surface area contributed by atoms with Crippen molar-refractivity contribution in [3.05, 3.63) is 34.9 Å². The van der Waals surface area contributed by atoms with Crippen molar-refractivity contribution in [1.29, 1.82) is 0 Å². The van der Waals surface area contributed by atoms with E-state index in [1.54, 1.807) is 6.07 Å². The van der Waals surface area contributed by atoms with E-state index in [1.165, 1.54) is 5.56 Å². The molecule has 1 aliphatic heterocycles. The van der Waals surface area contributed by atoms with E-state index < -0.39 is 0 Å². The monoisotopic (exact) mass is 233 g/mol. The number of amides is 1. The lowest BCUT2D eigenvalue weighted by Crippen LogP contribution is -2.55. The number of hydrogen-bond acceptors (Lipinski definition) is 3. The van der Waals surface area contributed by atoms with Crippen LogP contribution in [0.25, 0.3) is 0 Å². The molecule has 0 unspecified atom stereocenters. The lowest BCUT2D eigenvalue weighted by Gasteiger charge is -2.35. The van der Waals surface area contributed by atoms with Gasteiger partial charge in [0.15, 0.2) is 0 Å². The summed E-state index contributed by atoms with van der Waals surface area (Å²) < 4.78 is 0. The van der Waals surface area contributed by atoms with Gasteiger partial charge in [-0.1, -0.05) is 6.07 Å². The smallest absolute Gasteiger partial charge is 0.248 e. The fourth-order valence-corrected chi connectivity index (χ4v) is 2.01. The van der Waals surface area contributed by atoms with Crippen LogP contribution >= 0.6 is 0 Å². The van der Waals surface area contributed by atoms with Gasteiger partial charge in [-0.15, -0.1) is 0 Å². The molecule has 1 amide bonds. The number of carbonyl (C=O) groups excluding carboxylic acids is 1. The Balaban J connectivity index is 2.07. The summed E-state index contributed by atoms with van der Waals surface area (Å²) in [5.74, 6) is -0.365. The van der Waals surface area contributed by atoms with Gasteiger partial charge in [-0.05, 0) is 37.2 Å². The first-order chi connectivity index (χ1) is 8.08. The highest BCUT2D eigenvalue weighted by atomic mass is 16.1. The van der Waals surface area contributed by atoms with Gasteiger partial charge in [-0.3, -0.25) is 9.69 Å². The van der Waals surface area contributed by atoms with Gasteiger partial charge in [0.05, 0.1) is 0 Å². The van der Waals surface area contributed by atoms with Gasteiger partial charge in [0.25, 0.3) is 0 Å². The summed E-state index contributed by atoms with van der Waals surface area (Å²) in [7, 11) is 2.13. The molecule has 0 aromatic heterocycles. The number of nitrogens with two attached hydrogens (primary N) is 1. The average molecular weight is 233 g/mol. The fraction of sp³-hybridized carbons (Fsp3) is 0.462. The first-order valence-corrected chi connectivity index (χ1v) is 5.88. The van der Waals surface area contributed by atoms with E-state index in [-0.39, 0.29) is 5.91 Å². The van der Waals surface area contributed by atoms with Crippen LogP contribution in [0.4, 0.5) is 0 Å². The normalized spacial score (nSPS) is 15.9. The van der Waals surface area contributed by atoms with E-state index in [9.17, 15) is 4.79 Å². The minimum Gasteiger partial charge on any atom is -0.366 e. The van der Waals surface area contributed by atoms with Crippen LogP contribution < -0.4 is 11.1 Å². The molecule has 4 nitrogen and oxygen atoms in total. The van der Waals surface area contributed by atoms with Gasteiger partial charge >= 0.3 is 0 Å². The molecule has 17 heavy (non-hydrogen) atoms. The Morgan fingerprint density at radius 1 is 1.53 bits per heavy atom. The maximum atomic E-state index is 11.1. The van der Waals surface area contributed by atoms with Crippen molar-refractivity contribution in [3.63, 3.8) is 0 Å². The number of carbonyl (C=O) groups is 1. The van der Waals surface area contributed by atoms with Crippen molar-refractivity contribution >= 4 is 5.91 Å². The quantitative estimate of drug-likeness (QED) is 0.796. The van der Waals surface area contributed by atoms with E-state index in [0.717, 1.165) is 25.2 Å². The lowest BCUT2D eigenvalue weighted by molar-refractivity contribution is 0.1000. The zero-order chi connectivity index (χ0) is 12.4. The zero-order valence-corrected chi connectivity index (χ0v) is 10.4. The van der Waals surface area contributed by atoms with Gasteiger partial charge in [0, 0.05) is 31.2 Å². The van der Waals surface area contributed by atoms with Crippen LogP contribution in [0.2, 0.25) is 0 Å². The molecule has 0 spiro atoms. The highest BCUT2D eigenvalue weighted by molar-refractivity contribution is 5.93. The van der Waals surface area contributed by atoms with E-state index in [0.29, 0.717) is 11.6 Å². The van der Waals surface area contributed by atoms with Crippen LogP contribution in [0.15, 0.2) is 18.2 Å². The molecule has 0 saturated carbocycles. The van der Waals surface area contributed by atoms with Crippen LogP contribution in [0.5, 0.6) is 0 Å². The maximum absolute atomic E-state index is 11.1. The molecule has 1 fully saturated rings. The summed E-state index contributed by atoms with van der Waals surface area (Å²) in [6.07, 6.45) is 0. The van der Waals surface area contributed by atoms with Crippen molar-refractivity contribution in [2.24, 2.45) is 5.73 Å². The number of benzene rings is 1. The van der Waals surface area contributed by atoms with E-state index in [4.69, 9.17) is 5.73 Å². The number of primary amides is 1. The predicted octanol–water partition coefficient (Wildman–Crippen LogP) is 0.498. The molecule has 1 heterocycles. The number of likely N-dealkylation sites (N-methyl/N-ethyl adjacent to an activating group) is 1. The number of aryl methyl sites for hydroxylation is 1. The van der Waals surface area contributed by atoms with Gasteiger partial charge in [-0.25, -0.2) is 0 Å². The van der Waals surface area contributed by atoms with Crippen LogP contribution in [0.1, 0.15) is 21.5 Å². The second-order valence-corrected chi connectivity index (χ2v) is 4.73. The Morgan fingerprint density at radius 3 is 2.71 bits per heavy atom. The molecule has 4 heteroatoms. The van der Waals surface area contributed by atoms with Crippen LogP contribution in [-0.4, -0.2) is 37.0 Å². The van der Waals surface area contributed by atoms with Gasteiger partial charge in [0.1, 0.15) is 0 Å². The Bertz CT molecular complexity index is 427. The lowest BCUT2D eigenvalue weighted by atomic mass is 10.0. The van der Waals surface area contributed by atoms with Gasteiger partial charge in [0.2, 0.25) is 5.91 Å². The first-order valence-electron chi connectivity index (χ1n) is 5.88. The Labute approximate surface area is 102 Å². The second kappa shape index (κ2) is 4.85. The molecule has 0 aliphatic carbocycles. The third kappa shape index (κ3) is 2.65. The van der Waals surface area contributed by atoms with Crippen molar-refractivity contribution in [3.8, 4) is 0 Å². The van der Waals surface area contributed by atoms with Crippen LogP contribution in [-0.2, 0) is 6.54 Å². The number of rotatable bonds is 4. The SMILES string of the molecule is Cc1cc(C(N)=O)ccc1CN(C)C1CNC1. The molecule has 0 bridgehead atoms. The Kier molecular flexibility index (Phi) is 3.45. The minimum atomic E-state index is -0.365. The van der Waals surface area contributed by atoms with Crippen LogP contribution in [0.3, 0.4) is 0 Å². The Hall–Kier alpha value is -1.39. The highest BCUT2D eigenvalue weighted by Crippen LogP contribution is 2.15. The predicted molar refractivity (Wildman–Crippen MR) is 67.8 cm³/mol. The molecule has 0 radical (unpaired) electrons. The average Bonchev–Trinajstić information content (AvgIpc) is 2.18. The molecule has 1 aromatic carbocycles. The maximum Gasteiger partial charge on any atom is 0.248 e. The second-order valence-electron chi connectivity index (χ2n) is 4.73. The third-order valence-electron chi connectivity index (χ3n) is 3.43. The van der Waals surface area contributed by atoms with Crippen molar-refractivity contribution in [1.82, 2.24) is 10.2 Å². The molecular weight excluding hydrogens is 214 g/mol. The number of nitrogens with one attached hydrogen (secondary N) is 1. The largest absolute Gasteiger partial charge is 0.366 e. The molecule has 1 saturated heterocycles. The summed E-state index contributed by atoms with van der Waals surface area (Å²) in [5, 5.41) is 3.26. The molecule has 1 aromatic rings. The van der Waals surface area contributed by atoms with E-state index in [2.05, 4.69) is 17.3 Å². The Morgan fingerprint density at radius 2 is 2.24 bits per heavy atom. The summed E-state index contributed by atoms with van der Waals surface area (Å²) in [5.41, 5.74) is 8.22. The van der Waals surface area contributed by atoms with E-state index >= 15 is 0 Å². The number of nitrogens with zero attached hydrogens (tertiary/aromatic N) is 1. The van der Waals surface area contributed by atoms with Gasteiger partial charge in [-0.2, -0.15) is 0 Å².